The maximum absolute atomic E-state index is 13.1. The smallest absolute Gasteiger partial charge is 0.255 e. The first-order valence-corrected chi connectivity index (χ1v) is 12.0. The molecular weight excluding hydrogens is 418 g/mol. The van der Waals surface area contributed by atoms with Gasteiger partial charge in [0.1, 0.15) is 4.90 Å². The number of sulfonamides is 1. The molecule has 0 radical (unpaired) electrons. The van der Waals surface area contributed by atoms with Crippen LogP contribution in [0.25, 0.3) is 0 Å². The second kappa shape index (κ2) is 8.82. The molecule has 1 aromatic heterocycles. The molecule has 0 saturated carbocycles. The minimum Gasteiger partial charge on any atom is -0.321 e. The fourth-order valence-electron chi connectivity index (χ4n) is 3.12. The first-order chi connectivity index (χ1) is 13.3. The molecule has 9 heteroatoms. The van der Waals surface area contributed by atoms with Crippen molar-refractivity contribution >= 4 is 45.0 Å². The number of aromatic nitrogens is 1. The van der Waals surface area contributed by atoms with E-state index in [1.165, 1.54) is 34.3 Å². The number of amides is 1. The van der Waals surface area contributed by atoms with Gasteiger partial charge in [0, 0.05) is 18.7 Å². The summed E-state index contributed by atoms with van der Waals surface area (Å²) in [6, 6.07) is 7.86. The lowest BCUT2D eigenvalue weighted by atomic mass is 10.0. The third-order valence-corrected chi connectivity index (χ3v) is 7.64. The van der Waals surface area contributed by atoms with Gasteiger partial charge in [-0.05, 0) is 55.3 Å². The van der Waals surface area contributed by atoms with Crippen LogP contribution in [0.2, 0.25) is 5.02 Å². The molecule has 0 aliphatic carbocycles. The molecule has 6 nitrogen and oxygen atoms in total. The lowest BCUT2D eigenvalue weighted by molar-refractivity contribution is 0.102. The number of hydrogen-bond acceptors (Lipinski definition) is 5. The fourth-order valence-corrected chi connectivity index (χ4v) is 5.59. The Morgan fingerprint density at radius 3 is 2.75 bits per heavy atom. The molecule has 1 aliphatic rings. The monoisotopic (exact) mass is 439 g/mol. The summed E-state index contributed by atoms with van der Waals surface area (Å²) in [6.07, 6.45) is 5.30. The van der Waals surface area contributed by atoms with E-state index in [9.17, 15) is 13.2 Å². The Morgan fingerprint density at radius 2 is 2.11 bits per heavy atom. The average molecular weight is 440 g/mol. The van der Waals surface area contributed by atoms with Gasteiger partial charge in [0.25, 0.3) is 5.91 Å². The maximum Gasteiger partial charge on any atom is 0.255 e. The minimum atomic E-state index is -3.76. The van der Waals surface area contributed by atoms with Gasteiger partial charge in [0.15, 0.2) is 0 Å². The van der Waals surface area contributed by atoms with Crippen LogP contribution in [0, 0.1) is 5.92 Å². The third-order valence-electron chi connectivity index (χ3n) is 4.63. The van der Waals surface area contributed by atoms with Crippen molar-refractivity contribution in [2.24, 2.45) is 5.92 Å². The van der Waals surface area contributed by atoms with Gasteiger partial charge in [-0.2, -0.15) is 4.31 Å². The molecule has 1 fully saturated rings. The number of carbonyl (C=O) groups excluding carboxylic acids is 1. The number of nitrogens with one attached hydrogen (secondary N) is 1. The van der Waals surface area contributed by atoms with Crippen LogP contribution in [-0.2, 0) is 10.0 Å². The van der Waals surface area contributed by atoms with Gasteiger partial charge < -0.3 is 5.32 Å². The summed E-state index contributed by atoms with van der Waals surface area (Å²) in [5.41, 5.74) is 0.758. The summed E-state index contributed by atoms with van der Waals surface area (Å²) >= 11 is 7.69. The number of nitrogens with zero attached hydrogens (tertiary/aromatic N) is 2. The number of anilines is 1. The van der Waals surface area contributed by atoms with Crippen LogP contribution in [0.4, 0.5) is 5.69 Å². The van der Waals surface area contributed by atoms with E-state index >= 15 is 0 Å². The van der Waals surface area contributed by atoms with Crippen molar-refractivity contribution in [3.05, 3.63) is 47.1 Å². The summed E-state index contributed by atoms with van der Waals surface area (Å²) in [5.74, 6) is -0.121. The van der Waals surface area contributed by atoms with Crippen molar-refractivity contribution in [1.29, 1.82) is 0 Å². The molecule has 1 amide bonds. The Balaban J connectivity index is 1.84. The predicted molar refractivity (Wildman–Crippen MR) is 113 cm³/mol. The van der Waals surface area contributed by atoms with Gasteiger partial charge in [-0.15, -0.1) is 11.8 Å². The average Bonchev–Trinajstić information content (AvgIpc) is 2.68. The van der Waals surface area contributed by atoms with E-state index in [4.69, 9.17) is 11.6 Å². The second-order valence-electron chi connectivity index (χ2n) is 6.80. The van der Waals surface area contributed by atoms with Crippen LogP contribution < -0.4 is 5.32 Å². The lowest BCUT2D eigenvalue weighted by Crippen LogP contribution is -2.39. The zero-order chi connectivity index (χ0) is 20.3. The van der Waals surface area contributed by atoms with Crippen molar-refractivity contribution in [3.63, 3.8) is 0 Å². The van der Waals surface area contributed by atoms with Crippen molar-refractivity contribution in [3.8, 4) is 0 Å². The zero-order valence-electron chi connectivity index (χ0n) is 15.7. The van der Waals surface area contributed by atoms with Gasteiger partial charge in [-0.3, -0.25) is 4.79 Å². The molecule has 1 unspecified atom stereocenters. The molecule has 1 N–H and O–H groups in total. The Morgan fingerprint density at radius 1 is 1.32 bits per heavy atom. The Labute approximate surface area is 174 Å². The first kappa shape index (κ1) is 21.1. The summed E-state index contributed by atoms with van der Waals surface area (Å²) < 4.78 is 27.6. The normalized spacial score (nSPS) is 18.0. The summed E-state index contributed by atoms with van der Waals surface area (Å²) in [6.45, 7) is 2.96. The number of carbonyl (C=O) groups is 1. The number of hydrogen-bond donors (Lipinski definition) is 1. The molecule has 0 bridgehead atoms. The summed E-state index contributed by atoms with van der Waals surface area (Å²) in [4.78, 5) is 16.8. The topological polar surface area (TPSA) is 79.4 Å². The SMILES string of the molecule is CSc1ccc(NC(=O)c2ccc(Cl)c(S(=O)(=O)N3CCCC(C)C3)c2)cn1. The molecule has 3 rings (SSSR count). The van der Waals surface area contributed by atoms with E-state index in [1.807, 2.05) is 13.2 Å². The van der Waals surface area contributed by atoms with Gasteiger partial charge in [0.2, 0.25) is 10.0 Å². The van der Waals surface area contributed by atoms with E-state index in [0.717, 1.165) is 17.9 Å². The molecule has 28 heavy (non-hydrogen) atoms. The van der Waals surface area contributed by atoms with Crippen LogP contribution in [0.1, 0.15) is 30.1 Å². The van der Waals surface area contributed by atoms with E-state index in [-0.39, 0.29) is 15.5 Å². The predicted octanol–water partition coefficient (Wildman–Crippen LogP) is 4.13. The number of halogens is 1. The largest absolute Gasteiger partial charge is 0.321 e. The third kappa shape index (κ3) is 4.68. The Hall–Kier alpha value is -1.61. The Kier molecular flexibility index (Phi) is 6.65. The molecule has 150 valence electrons. The molecule has 1 aromatic carbocycles. The highest BCUT2D eigenvalue weighted by atomic mass is 35.5. The molecule has 0 spiro atoms. The standard InChI is InChI=1S/C19H22ClN3O3S2/c1-13-4-3-9-23(12-13)28(25,26)17-10-14(5-7-16(17)20)19(24)22-15-6-8-18(27-2)21-11-15/h5-8,10-11,13H,3-4,9,12H2,1-2H3,(H,22,24). The summed E-state index contributed by atoms with van der Waals surface area (Å²) in [5, 5.41) is 3.69. The number of benzene rings is 1. The van der Waals surface area contributed by atoms with Gasteiger partial charge in [-0.1, -0.05) is 18.5 Å². The molecule has 1 aliphatic heterocycles. The maximum atomic E-state index is 13.1. The Bertz CT molecular complexity index is 965. The number of thioether (sulfide) groups is 1. The summed E-state index contributed by atoms with van der Waals surface area (Å²) in [7, 11) is -3.76. The van der Waals surface area contributed by atoms with Crippen molar-refractivity contribution in [1.82, 2.24) is 9.29 Å². The van der Waals surface area contributed by atoms with Crippen molar-refractivity contribution in [2.45, 2.75) is 29.7 Å². The van der Waals surface area contributed by atoms with Gasteiger partial charge >= 0.3 is 0 Å². The van der Waals surface area contributed by atoms with Crippen molar-refractivity contribution in [2.75, 3.05) is 24.7 Å². The molecule has 2 aromatic rings. The van der Waals surface area contributed by atoms with Crippen molar-refractivity contribution < 1.29 is 13.2 Å². The fraction of sp³-hybridized carbons (Fsp3) is 0.368. The number of rotatable bonds is 5. The molecule has 2 heterocycles. The first-order valence-electron chi connectivity index (χ1n) is 8.92. The molecular formula is C19H22ClN3O3S2. The highest BCUT2D eigenvalue weighted by Gasteiger charge is 2.30. The van der Waals surface area contributed by atoms with Crippen LogP contribution >= 0.6 is 23.4 Å². The van der Waals surface area contributed by atoms with Crippen LogP contribution in [0.5, 0.6) is 0 Å². The minimum absolute atomic E-state index is 0.0354. The van der Waals surface area contributed by atoms with E-state index in [0.29, 0.717) is 24.7 Å². The molecule has 1 atom stereocenters. The number of piperidine rings is 1. The highest BCUT2D eigenvalue weighted by Crippen LogP contribution is 2.29. The molecule has 1 saturated heterocycles. The zero-order valence-corrected chi connectivity index (χ0v) is 18.1. The van der Waals surface area contributed by atoms with E-state index in [2.05, 4.69) is 10.3 Å². The highest BCUT2D eigenvalue weighted by molar-refractivity contribution is 7.98. The van der Waals surface area contributed by atoms with Crippen LogP contribution in [-0.4, -0.2) is 43.0 Å². The van der Waals surface area contributed by atoms with Crippen LogP contribution in [0.15, 0.2) is 46.5 Å². The van der Waals surface area contributed by atoms with E-state index < -0.39 is 15.9 Å². The van der Waals surface area contributed by atoms with E-state index in [1.54, 1.807) is 18.3 Å². The lowest BCUT2D eigenvalue weighted by Gasteiger charge is -2.30. The number of pyridine rings is 1. The second-order valence-corrected chi connectivity index (χ2v) is 9.94. The van der Waals surface area contributed by atoms with Gasteiger partial charge in [-0.25, -0.2) is 13.4 Å². The van der Waals surface area contributed by atoms with Gasteiger partial charge in [0.05, 0.1) is 21.9 Å². The van der Waals surface area contributed by atoms with Crippen LogP contribution in [0.3, 0.4) is 0 Å². The quantitative estimate of drug-likeness (QED) is 0.708.